The lowest BCUT2D eigenvalue weighted by atomic mass is 10.00. The Bertz CT molecular complexity index is 1890. The molecule has 9 heteroatoms. The molecule has 4 aromatic carbocycles. The number of thioether (sulfide) groups is 1. The Labute approximate surface area is 249 Å². The maximum Gasteiger partial charge on any atom is 0.240 e. The van der Waals surface area contributed by atoms with Gasteiger partial charge in [0.2, 0.25) is 10.0 Å². The fraction of sp³-hybridized carbons (Fsp3) is 0.152. The fourth-order valence-corrected chi connectivity index (χ4v) is 7.26. The van der Waals surface area contributed by atoms with E-state index < -0.39 is 10.0 Å². The number of nitrogens with one attached hydrogen (secondary N) is 1. The number of nitriles is 1. The van der Waals surface area contributed by atoms with Gasteiger partial charge in [-0.25, -0.2) is 18.1 Å². The standard InChI is InChI=1S/C33H27N3O4S2/c34-20-23-9-14-28(15-10-23)42(37,38)35-17-18-41-33-29-7-3-1-6-25(29)21-40-32-16-13-27(19-30(32)33)39-22-26-12-11-24-5-2-4-8-31(24)36-26/h1-16,19,33,35H,17-18,21-22H2. The maximum absolute atomic E-state index is 12.8. The van der Waals surface area contributed by atoms with E-state index in [0.29, 0.717) is 30.3 Å². The van der Waals surface area contributed by atoms with Crippen molar-refractivity contribution in [2.45, 2.75) is 23.4 Å². The van der Waals surface area contributed by atoms with Crippen molar-refractivity contribution in [2.24, 2.45) is 0 Å². The number of hydrogen-bond acceptors (Lipinski definition) is 7. The molecule has 5 aromatic rings. The third-order valence-electron chi connectivity index (χ3n) is 7.00. The summed E-state index contributed by atoms with van der Waals surface area (Å²) in [7, 11) is -3.69. The minimum atomic E-state index is -3.69. The van der Waals surface area contributed by atoms with Gasteiger partial charge in [-0.05, 0) is 65.7 Å². The van der Waals surface area contributed by atoms with Gasteiger partial charge in [-0.3, -0.25) is 0 Å². The van der Waals surface area contributed by atoms with Crippen LogP contribution in [0, 0.1) is 11.3 Å². The summed E-state index contributed by atoms with van der Waals surface area (Å²) < 4.78 is 40.6. The molecule has 1 aromatic heterocycles. The van der Waals surface area contributed by atoms with Gasteiger partial charge in [-0.2, -0.15) is 5.26 Å². The lowest BCUT2D eigenvalue weighted by Crippen LogP contribution is -2.26. The smallest absolute Gasteiger partial charge is 0.240 e. The van der Waals surface area contributed by atoms with E-state index in [1.807, 2.05) is 72.8 Å². The Morgan fingerprint density at radius 3 is 2.62 bits per heavy atom. The Balaban J connectivity index is 1.19. The third-order valence-corrected chi connectivity index (χ3v) is 9.76. The molecule has 1 N–H and O–H groups in total. The van der Waals surface area contributed by atoms with Crippen molar-refractivity contribution in [3.05, 3.63) is 131 Å². The van der Waals surface area contributed by atoms with Crippen molar-refractivity contribution in [1.82, 2.24) is 9.71 Å². The van der Waals surface area contributed by atoms with Crippen molar-refractivity contribution in [1.29, 1.82) is 5.26 Å². The summed E-state index contributed by atoms with van der Waals surface area (Å²) in [6, 6.07) is 33.9. The minimum absolute atomic E-state index is 0.0829. The number of para-hydroxylation sites is 1. The Hall–Kier alpha value is -4.36. The third kappa shape index (κ3) is 6.11. The highest BCUT2D eigenvalue weighted by Crippen LogP contribution is 2.45. The quantitative estimate of drug-likeness (QED) is 0.198. The van der Waals surface area contributed by atoms with E-state index in [2.05, 4.69) is 16.9 Å². The highest BCUT2D eigenvalue weighted by atomic mass is 32.2. The van der Waals surface area contributed by atoms with Gasteiger partial charge in [-0.1, -0.05) is 48.5 Å². The van der Waals surface area contributed by atoms with Crippen LogP contribution >= 0.6 is 11.8 Å². The Kier molecular flexibility index (Phi) is 8.11. The van der Waals surface area contributed by atoms with E-state index in [4.69, 9.17) is 19.7 Å². The van der Waals surface area contributed by atoms with E-state index in [0.717, 1.165) is 39.0 Å². The summed E-state index contributed by atoms with van der Waals surface area (Å²) in [6.45, 7) is 1.02. The van der Waals surface area contributed by atoms with E-state index in [9.17, 15) is 8.42 Å². The zero-order valence-corrected chi connectivity index (χ0v) is 24.2. The SMILES string of the molecule is N#Cc1ccc(S(=O)(=O)NCCSC2c3ccccc3COc3ccc(OCc4ccc5ccccc5n4)cc32)cc1. The molecule has 1 unspecified atom stereocenters. The number of benzene rings is 4. The van der Waals surface area contributed by atoms with Gasteiger partial charge in [0.1, 0.15) is 24.7 Å². The molecule has 7 nitrogen and oxygen atoms in total. The van der Waals surface area contributed by atoms with E-state index in [1.54, 1.807) is 11.8 Å². The van der Waals surface area contributed by atoms with Crippen LogP contribution in [0.3, 0.4) is 0 Å². The molecule has 0 saturated carbocycles. The van der Waals surface area contributed by atoms with Gasteiger partial charge in [0.05, 0.1) is 33.0 Å². The predicted octanol–water partition coefficient (Wildman–Crippen LogP) is 6.38. The number of ether oxygens (including phenoxy) is 2. The first kappa shape index (κ1) is 27.8. The van der Waals surface area contributed by atoms with Crippen LogP contribution in [-0.4, -0.2) is 25.7 Å². The van der Waals surface area contributed by atoms with Crippen LogP contribution in [-0.2, 0) is 23.2 Å². The molecule has 6 rings (SSSR count). The zero-order valence-electron chi connectivity index (χ0n) is 22.6. The molecule has 1 aliphatic heterocycles. The number of nitrogens with zero attached hydrogens (tertiary/aromatic N) is 2. The molecule has 1 atom stereocenters. The number of fused-ring (bicyclic) bond motifs is 3. The van der Waals surface area contributed by atoms with Crippen molar-refractivity contribution >= 4 is 32.7 Å². The number of sulfonamides is 1. The number of aromatic nitrogens is 1. The molecule has 0 radical (unpaired) electrons. The normalized spacial score (nSPS) is 14.2. The summed E-state index contributed by atoms with van der Waals surface area (Å²) in [6.07, 6.45) is 0. The number of pyridine rings is 1. The average Bonchev–Trinajstić information content (AvgIpc) is 3.18. The van der Waals surface area contributed by atoms with Crippen molar-refractivity contribution < 1.29 is 17.9 Å². The van der Waals surface area contributed by atoms with Crippen LogP contribution in [0.4, 0.5) is 0 Å². The van der Waals surface area contributed by atoms with Gasteiger partial charge < -0.3 is 9.47 Å². The molecule has 0 saturated heterocycles. The molecule has 0 bridgehead atoms. The number of hydrogen-bond donors (Lipinski definition) is 1. The van der Waals surface area contributed by atoms with Gasteiger partial charge in [-0.15, -0.1) is 11.8 Å². The van der Waals surface area contributed by atoms with Gasteiger partial charge in [0, 0.05) is 23.2 Å². The minimum Gasteiger partial charge on any atom is -0.489 e. The summed E-state index contributed by atoms with van der Waals surface area (Å²) >= 11 is 1.64. The lowest BCUT2D eigenvalue weighted by Gasteiger charge is -2.20. The Morgan fingerprint density at radius 1 is 0.952 bits per heavy atom. The first-order valence-electron chi connectivity index (χ1n) is 13.4. The fourth-order valence-electron chi connectivity index (χ4n) is 4.87. The molecule has 1 aliphatic rings. The first-order valence-corrected chi connectivity index (χ1v) is 16.0. The van der Waals surface area contributed by atoms with Gasteiger partial charge in [0.15, 0.2) is 0 Å². The summed E-state index contributed by atoms with van der Waals surface area (Å²) in [5, 5.41) is 9.99. The lowest BCUT2D eigenvalue weighted by molar-refractivity contribution is 0.295. The van der Waals surface area contributed by atoms with Crippen molar-refractivity contribution in [3.63, 3.8) is 0 Å². The molecule has 0 fully saturated rings. The number of rotatable bonds is 9. The van der Waals surface area contributed by atoms with Crippen LogP contribution in [0.15, 0.2) is 108 Å². The predicted molar refractivity (Wildman–Crippen MR) is 164 cm³/mol. The van der Waals surface area contributed by atoms with Crippen LogP contribution < -0.4 is 14.2 Å². The zero-order chi connectivity index (χ0) is 28.9. The molecule has 0 aliphatic carbocycles. The van der Waals surface area contributed by atoms with Crippen LogP contribution in [0.1, 0.15) is 33.2 Å². The summed E-state index contributed by atoms with van der Waals surface area (Å²) in [5.41, 5.74) is 5.37. The second kappa shape index (κ2) is 12.2. The van der Waals surface area contributed by atoms with E-state index in [-0.39, 0.29) is 16.7 Å². The Morgan fingerprint density at radius 2 is 1.76 bits per heavy atom. The molecule has 0 spiro atoms. The molecule has 42 heavy (non-hydrogen) atoms. The van der Waals surface area contributed by atoms with Crippen LogP contribution in [0.25, 0.3) is 10.9 Å². The van der Waals surface area contributed by atoms with Crippen molar-refractivity contribution in [2.75, 3.05) is 12.3 Å². The molecule has 0 amide bonds. The topological polar surface area (TPSA) is 101 Å². The van der Waals surface area contributed by atoms with E-state index >= 15 is 0 Å². The second-order valence-electron chi connectivity index (χ2n) is 9.76. The average molecular weight is 594 g/mol. The highest BCUT2D eigenvalue weighted by molar-refractivity contribution is 7.99. The molecule has 210 valence electrons. The summed E-state index contributed by atoms with van der Waals surface area (Å²) in [4.78, 5) is 4.85. The van der Waals surface area contributed by atoms with E-state index in [1.165, 1.54) is 24.3 Å². The van der Waals surface area contributed by atoms with Gasteiger partial charge in [0.25, 0.3) is 0 Å². The molecule has 2 heterocycles. The maximum atomic E-state index is 12.8. The van der Waals surface area contributed by atoms with Crippen LogP contribution in [0.2, 0.25) is 0 Å². The monoisotopic (exact) mass is 593 g/mol. The van der Waals surface area contributed by atoms with Crippen molar-refractivity contribution in [3.8, 4) is 17.6 Å². The second-order valence-corrected chi connectivity index (χ2v) is 12.7. The van der Waals surface area contributed by atoms with Gasteiger partial charge >= 0.3 is 0 Å². The summed E-state index contributed by atoms with van der Waals surface area (Å²) in [5.74, 6) is 2.01. The molecular weight excluding hydrogens is 567 g/mol. The first-order chi connectivity index (χ1) is 20.5. The molecular formula is C33H27N3O4S2. The largest absolute Gasteiger partial charge is 0.489 e. The highest BCUT2D eigenvalue weighted by Gasteiger charge is 2.26. The van der Waals surface area contributed by atoms with Crippen LogP contribution in [0.5, 0.6) is 11.5 Å².